The first-order valence-electron chi connectivity index (χ1n) is 5.92. The summed E-state index contributed by atoms with van der Waals surface area (Å²) in [6.07, 6.45) is 1.41. The van der Waals surface area contributed by atoms with Gasteiger partial charge >= 0.3 is 7.12 Å². The lowest BCUT2D eigenvalue weighted by Crippen LogP contribution is -2.28. The summed E-state index contributed by atoms with van der Waals surface area (Å²) in [5, 5.41) is 9.55. The zero-order valence-corrected chi connectivity index (χ0v) is 11.2. The molecule has 0 saturated heterocycles. The molecule has 20 heavy (non-hydrogen) atoms. The number of anilines is 1. The minimum atomic E-state index is -3.73. The van der Waals surface area contributed by atoms with E-state index in [2.05, 4.69) is 9.71 Å². The number of nitrogens with zero attached hydrogens (tertiary/aromatic N) is 1. The van der Waals surface area contributed by atoms with Crippen molar-refractivity contribution >= 4 is 28.3 Å². The molecule has 0 unspecified atom stereocenters. The zero-order valence-electron chi connectivity index (χ0n) is 10.4. The van der Waals surface area contributed by atoms with Gasteiger partial charge in [-0.25, -0.2) is 4.98 Å². The molecule has 0 radical (unpaired) electrons. The Hall–Kier alpha value is -1.90. The maximum atomic E-state index is 12.1. The van der Waals surface area contributed by atoms with Gasteiger partial charge in [-0.2, -0.15) is 8.42 Å². The molecular formula is C12H11BN2O4S. The van der Waals surface area contributed by atoms with Crippen LogP contribution in [0.1, 0.15) is 5.56 Å². The molecule has 3 rings (SSSR count). The maximum absolute atomic E-state index is 12.1. The number of nitrogens with one attached hydrogen (secondary N) is 1. The summed E-state index contributed by atoms with van der Waals surface area (Å²) in [7, 11) is -4.74. The number of pyridine rings is 1. The van der Waals surface area contributed by atoms with E-state index in [9.17, 15) is 13.4 Å². The molecule has 1 aromatic carbocycles. The average Bonchev–Trinajstić information content (AvgIpc) is 2.81. The Balaban J connectivity index is 1.91. The van der Waals surface area contributed by atoms with Crippen LogP contribution in [0.4, 0.5) is 5.69 Å². The number of fused-ring (bicyclic) bond motifs is 1. The molecule has 2 aromatic rings. The van der Waals surface area contributed by atoms with Crippen LogP contribution in [0.15, 0.2) is 47.6 Å². The molecular weight excluding hydrogens is 279 g/mol. The molecule has 0 spiro atoms. The van der Waals surface area contributed by atoms with Gasteiger partial charge in [0.05, 0.1) is 6.61 Å². The van der Waals surface area contributed by atoms with Crippen LogP contribution in [0.25, 0.3) is 0 Å². The fourth-order valence-corrected chi connectivity index (χ4v) is 2.99. The van der Waals surface area contributed by atoms with Gasteiger partial charge in [0.1, 0.15) is 0 Å². The summed E-state index contributed by atoms with van der Waals surface area (Å²) in [5.74, 6) is 0. The van der Waals surface area contributed by atoms with Gasteiger partial charge in [-0.15, -0.1) is 0 Å². The van der Waals surface area contributed by atoms with Gasteiger partial charge in [-0.1, -0.05) is 12.1 Å². The van der Waals surface area contributed by atoms with Crippen molar-refractivity contribution in [3.05, 3.63) is 48.2 Å². The van der Waals surface area contributed by atoms with Crippen LogP contribution in [0, 0.1) is 0 Å². The number of sulfonamides is 1. The van der Waals surface area contributed by atoms with E-state index in [4.69, 9.17) is 4.65 Å². The number of aromatic nitrogens is 1. The monoisotopic (exact) mass is 290 g/mol. The number of hydrogen-bond acceptors (Lipinski definition) is 5. The largest absolute Gasteiger partial charge is 0.491 e. The molecule has 2 heterocycles. The van der Waals surface area contributed by atoms with Gasteiger partial charge in [0.2, 0.25) is 0 Å². The molecule has 2 N–H and O–H groups in total. The standard InChI is InChI=1S/C12H11BN2O4S/c16-13-11-7-10(5-4-9(11)8-19-13)15-20(17,18)12-3-1-2-6-14-12/h1-7,15-16H,8H2. The van der Waals surface area contributed by atoms with Crippen molar-refractivity contribution in [2.45, 2.75) is 11.6 Å². The Bertz CT molecular complexity index is 736. The molecule has 6 nitrogen and oxygen atoms in total. The first-order chi connectivity index (χ1) is 9.56. The van der Waals surface area contributed by atoms with Gasteiger partial charge in [-0.05, 0) is 35.3 Å². The molecule has 8 heteroatoms. The quantitative estimate of drug-likeness (QED) is 0.783. The van der Waals surface area contributed by atoms with Crippen molar-refractivity contribution in [3.63, 3.8) is 0 Å². The van der Waals surface area contributed by atoms with Crippen molar-refractivity contribution in [3.8, 4) is 0 Å². The van der Waals surface area contributed by atoms with E-state index in [1.54, 1.807) is 30.3 Å². The smallest absolute Gasteiger partial charge is 0.423 e. The van der Waals surface area contributed by atoms with E-state index < -0.39 is 17.1 Å². The van der Waals surface area contributed by atoms with Crippen molar-refractivity contribution in [2.75, 3.05) is 4.72 Å². The molecule has 1 aromatic heterocycles. The Morgan fingerprint density at radius 2 is 2.15 bits per heavy atom. The Labute approximate surface area is 116 Å². The van der Waals surface area contributed by atoms with E-state index in [0.717, 1.165) is 5.56 Å². The molecule has 1 aliphatic heterocycles. The van der Waals surface area contributed by atoms with E-state index in [1.165, 1.54) is 12.3 Å². The first kappa shape index (κ1) is 13.1. The van der Waals surface area contributed by atoms with Gasteiger partial charge in [-0.3, -0.25) is 4.72 Å². The lowest BCUT2D eigenvalue weighted by atomic mass is 9.79. The molecule has 0 fully saturated rings. The van der Waals surface area contributed by atoms with Crippen LogP contribution < -0.4 is 10.2 Å². The Morgan fingerprint density at radius 3 is 2.90 bits per heavy atom. The summed E-state index contributed by atoms with van der Waals surface area (Å²) >= 11 is 0. The van der Waals surface area contributed by atoms with Crippen LogP contribution in [0.3, 0.4) is 0 Å². The van der Waals surface area contributed by atoms with E-state index in [0.29, 0.717) is 17.8 Å². The van der Waals surface area contributed by atoms with Crippen molar-refractivity contribution in [1.82, 2.24) is 4.98 Å². The van der Waals surface area contributed by atoms with Crippen LogP contribution in [-0.2, 0) is 21.3 Å². The molecule has 0 bridgehead atoms. The average molecular weight is 290 g/mol. The van der Waals surface area contributed by atoms with Crippen LogP contribution >= 0.6 is 0 Å². The van der Waals surface area contributed by atoms with Crippen LogP contribution in [-0.4, -0.2) is 25.5 Å². The van der Waals surface area contributed by atoms with E-state index in [-0.39, 0.29) is 5.03 Å². The predicted octanol–water partition coefficient (Wildman–Crippen LogP) is 0.100. The van der Waals surface area contributed by atoms with Crippen molar-refractivity contribution in [1.29, 1.82) is 0 Å². The lowest BCUT2D eigenvalue weighted by molar-refractivity contribution is 0.275. The summed E-state index contributed by atoms with van der Waals surface area (Å²) in [5.41, 5.74) is 1.78. The van der Waals surface area contributed by atoms with Gasteiger partial charge in [0.15, 0.2) is 5.03 Å². The highest BCUT2D eigenvalue weighted by atomic mass is 32.2. The fourth-order valence-electron chi connectivity index (χ4n) is 1.99. The van der Waals surface area contributed by atoms with Gasteiger partial charge < -0.3 is 9.68 Å². The Morgan fingerprint density at radius 1 is 1.30 bits per heavy atom. The molecule has 102 valence electrons. The van der Waals surface area contributed by atoms with E-state index >= 15 is 0 Å². The molecule has 0 amide bonds. The molecule has 0 atom stereocenters. The molecule has 0 saturated carbocycles. The fraction of sp³-hybridized carbons (Fsp3) is 0.0833. The normalized spacial score (nSPS) is 14.2. The third-order valence-corrected chi connectivity index (χ3v) is 4.27. The highest BCUT2D eigenvalue weighted by molar-refractivity contribution is 7.92. The van der Waals surface area contributed by atoms with Gasteiger partial charge in [0, 0.05) is 11.9 Å². The SMILES string of the molecule is O=S(=O)(Nc1ccc2c(c1)B(O)OC2)c1ccccn1. The second-order valence-corrected chi connectivity index (χ2v) is 5.98. The highest BCUT2D eigenvalue weighted by Gasteiger charge is 2.27. The summed E-state index contributed by atoms with van der Waals surface area (Å²) in [6, 6.07) is 9.56. The van der Waals surface area contributed by atoms with Crippen molar-refractivity contribution < 1.29 is 18.1 Å². The number of hydrogen-bond donors (Lipinski definition) is 2. The van der Waals surface area contributed by atoms with Crippen LogP contribution in [0.2, 0.25) is 0 Å². The molecule has 0 aliphatic carbocycles. The Kier molecular flexibility index (Phi) is 3.21. The summed E-state index contributed by atoms with van der Waals surface area (Å²) in [6.45, 7) is 0.323. The minimum absolute atomic E-state index is 0.0581. The summed E-state index contributed by atoms with van der Waals surface area (Å²) in [4.78, 5) is 3.81. The number of rotatable bonds is 3. The minimum Gasteiger partial charge on any atom is -0.423 e. The second kappa shape index (κ2) is 4.90. The zero-order chi connectivity index (χ0) is 14.2. The second-order valence-electron chi connectivity index (χ2n) is 4.35. The maximum Gasteiger partial charge on any atom is 0.491 e. The van der Waals surface area contributed by atoms with Gasteiger partial charge in [0.25, 0.3) is 10.0 Å². The lowest BCUT2D eigenvalue weighted by Gasteiger charge is -2.08. The third kappa shape index (κ3) is 2.40. The van der Waals surface area contributed by atoms with Crippen LogP contribution in [0.5, 0.6) is 0 Å². The third-order valence-electron chi connectivity index (χ3n) is 2.97. The highest BCUT2D eigenvalue weighted by Crippen LogP contribution is 2.17. The van der Waals surface area contributed by atoms with E-state index in [1.807, 2.05) is 0 Å². The first-order valence-corrected chi connectivity index (χ1v) is 7.41. The van der Waals surface area contributed by atoms with Crippen molar-refractivity contribution in [2.24, 2.45) is 0 Å². The summed E-state index contributed by atoms with van der Waals surface area (Å²) < 4.78 is 31.7. The topological polar surface area (TPSA) is 88.5 Å². The number of benzene rings is 1. The predicted molar refractivity (Wildman–Crippen MR) is 73.9 cm³/mol. The molecule has 1 aliphatic rings.